The van der Waals surface area contributed by atoms with Gasteiger partial charge in [0.2, 0.25) is 0 Å². The summed E-state index contributed by atoms with van der Waals surface area (Å²) < 4.78 is 5.91. The topological polar surface area (TPSA) is 38.3 Å². The van der Waals surface area contributed by atoms with E-state index < -0.39 is 0 Å². The minimum atomic E-state index is -0.145. The second kappa shape index (κ2) is 7.65. The Labute approximate surface area is 123 Å². The van der Waals surface area contributed by atoms with Crippen LogP contribution in [0.2, 0.25) is 0 Å². The standard InChI is InChI=1S/C15H22BrNO2/c1-10(2)14(15(18)19-4)9-17-8-12-7-13(16)6-5-11(12)3/h5-7,10,14,17H,8-9H2,1-4H3. The van der Waals surface area contributed by atoms with Crippen molar-refractivity contribution in [2.45, 2.75) is 27.3 Å². The molecule has 0 aliphatic heterocycles. The van der Waals surface area contributed by atoms with Crippen LogP contribution in [0.1, 0.15) is 25.0 Å². The molecule has 0 spiro atoms. The normalized spacial score (nSPS) is 12.5. The molecule has 0 saturated heterocycles. The molecule has 0 aromatic heterocycles. The Morgan fingerprint density at radius 3 is 2.68 bits per heavy atom. The number of halogens is 1. The average molecular weight is 328 g/mol. The Balaban J connectivity index is 2.57. The van der Waals surface area contributed by atoms with Crippen LogP contribution in [0.15, 0.2) is 22.7 Å². The molecule has 3 nitrogen and oxygen atoms in total. The fourth-order valence-corrected chi connectivity index (χ4v) is 2.34. The second-order valence-electron chi connectivity index (χ2n) is 5.08. The second-order valence-corrected chi connectivity index (χ2v) is 5.99. The van der Waals surface area contributed by atoms with E-state index in [4.69, 9.17) is 4.74 Å². The van der Waals surface area contributed by atoms with E-state index in [1.807, 2.05) is 19.9 Å². The summed E-state index contributed by atoms with van der Waals surface area (Å²) in [6, 6.07) is 6.22. The van der Waals surface area contributed by atoms with Gasteiger partial charge >= 0.3 is 5.97 Å². The summed E-state index contributed by atoms with van der Waals surface area (Å²) in [6.45, 7) is 7.55. The predicted molar refractivity (Wildman–Crippen MR) is 80.9 cm³/mol. The molecular weight excluding hydrogens is 306 g/mol. The van der Waals surface area contributed by atoms with Gasteiger partial charge in [-0.3, -0.25) is 4.79 Å². The molecule has 0 radical (unpaired) electrons. The fourth-order valence-electron chi connectivity index (χ4n) is 1.94. The summed E-state index contributed by atoms with van der Waals surface area (Å²) >= 11 is 3.47. The maximum absolute atomic E-state index is 11.6. The highest BCUT2D eigenvalue weighted by Crippen LogP contribution is 2.16. The van der Waals surface area contributed by atoms with E-state index >= 15 is 0 Å². The van der Waals surface area contributed by atoms with E-state index in [0.29, 0.717) is 6.54 Å². The van der Waals surface area contributed by atoms with Gasteiger partial charge in [0.1, 0.15) is 0 Å². The molecule has 0 amide bonds. The third-order valence-corrected chi connectivity index (χ3v) is 3.79. The lowest BCUT2D eigenvalue weighted by atomic mass is 9.96. The van der Waals surface area contributed by atoms with Crippen molar-refractivity contribution in [3.05, 3.63) is 33.8 Å². The molecule has 1 unspecified atom stereocenters. The quantitative estimate of drug-likeness (QED) is 0.815. The van der Waals surface area contributed by atoms with E-state index in [9.17, 15) is 4.79 Å². The van der Waals surface area contributed by atoms with Crippen LogP contribution in [0.4, 0.5) is 0 Å². The molecule has 1 atom stereocenters. The molecular formula is C15H22BrNO2. The van der Waals surface area contributed by atoms with Crippen molar-refractivity contribution in [3.8, 4) is 0 Å². The number of hydrogen-bond acceptors (Lipinski definition) is 3. The first kappa shape index (κ1) is 16.2. The number of ether oxygens (including phenoxy) is 1. The Hall–Kier alpha value is -0.870. The van der Waals surface area contributed by atoms with Crippen LogP contribution in [-0.2, 0) is 16.1 Å². The lowest BCUT2D eigenvalue weighted by Crippen LogP contribution is -2.32. The van der Waals surface area contributed by atoms with Crippen LogP contribution >= 0.6 is 15.9 Å². The number of hydrogen-bond donors (Lipinski definition) is 1. The first-order valence-electron chi connectivity index (χ1n) is 6.49. The first-order chi connectivity index (χ1) is 8.95. The van der Waals surface area contributed by atoms with E-state index in [0.717, 1.165) is 11.0 Å². The Kier molecular flexibility index (Phi) is 6.52. The smallest absolute Gasteiger partial charge is 0.310 e. The van der Waals surface area contributed by atoms with Gasteiger partial charge in [-0.05, 0) is 36.1 Å². The van der Waals surface area contributed by atoms with Crippen molar-refractivity contribution < 1.29 is 9.53 Å². The molecule has 1 aromatic carbocycles. The van der Waals surface area contributed by atoms with Crippen LogP contribution in [-0.4, -0.2) is 19.6 Å². The first-order valence-corrected chi connectivity index (χ1v) is 7.28. The van der Waals surface area contributed by atoms with E-state index in [-0.39, 0.29) is 17.8 Å². The third-order valence-electron chi connectivity index (χ3n) is 3.30. The van der Waals surface area contributed by atoms with Gasteiger partial charge in [-0.2, -0.15) is 0 Å². The highest BCUT2D eigenvalue weighted by molar-refractivity contribution is 9.10. The van der Waals surface area contributed by atoms with Crippen molar-refractivity contribution in [1.82, 2.24) is 5.32 Å². The molecule has 1 rings (SSSR count). The lowest BCUT2D eigenvalue weighted by Gasteiger charge is -2.19. The van der Waals surface area contributed by atoms with Gasteiger partial charge in [-0.15, -0.1) is 0 Å². The highest BCUT2D eigenvalue weighted by Gasteiger charge is 2.22. The number of benzene rings is 1. The van der Waals surface area contributed by atoms with Gasteiger partial charge in [0.15, 0.2) is 0 Å². The van der Waals surface area contributed by atoms with Crippen LogP contribution in [0.3, 0.4) is 0 Å². The van der Waals surface area contributed by atoms with E-state index in [1.165, 1.54) is 18.2 Å². The Morgan fingerprint density at radius 2 is 2.11 bits per heavy atom. The number of esters is 1. The van der Waals surface area contributed by atoms with E-state index in [2.05, 4.69) is 40.3 Å². The minimum Gasteiger partial charge on any atom is -0.469 e. The minimum absolute atomic E-state index is 0.0996. The summed E-state index contributed by atoms with van der Waals surface area (Å²) in [5, 5.41) is 3.34. The lowest BCUT2D eigenvalue weighted by molar-refractivity contribution is -0.146. The zero-order chi connectivity index (χ0) is 14.4. The molecule has 1 N–H and O–H groups in total. The fraction of sp³-hybridized carbons (Fsp3) is 0.533. The summed E-state index contributed by atoms with van der Waals surface area (Å²) in [5.41, 5.74) is 2.48. The molecule has 0 saturated carbocycles. The van der Waals surface area contributed by atoms with Gasteiger partial charge in [-0.25, -0.2) is 0 Å². The van der Waals surface area contributed by atoms with Crippen LogP contribution in [0.25, 0.3) is 0 Å². The van der Waals surface area contributed by atoms with Gasteiger partial charge in [0.05, 0.1) is 13.0 Å². The Morgan fingerprint density at radius 1 is 1.42 bits per heavy atom. The maximum atomic E-state index is 11.6. The number of methoxy groups -OCH3 is 1. The Bertz CT molecular complexity index is 432. The third kappa shape index (κ3) is 4.96. The van der Waals surface area contributed by atoms with Gasteiger partial charge in [0.25, 0.3) is 0 Å². The van der Waals surface area contributed by atoms with Crippen molar-refractivity contribution in [3.63, 3.8) is 0 Å². The van der Waals surface area contributed by atoms with Gasteiger partial charge in [-0.1, -0.05) is 35.8 Å². The molecule has 0 bridgehead atoms. The summed E-state index contributed by atoms with van der Waals surface area (Å²) in [5.74, 6) is 0.0227. The van der Waals surface area contributed by atoms with Crippen molar-refractivity contribution in [2.24, 2.45) is 11.8 Å². The van der Waals surface area contributed by atoms with Crippen LogP contribution < -0.4 is 5.32 Å². The van der Waals surface area contributed by atoms with E-state index in [1.54, 1.807) is 0 Å². The monoisotopic (exact) mass is 327 g/mol. The molecule has 4 heteroatoms. The van der Waals surface area contributed by atoms with Gasteiger partial charge in [0, 0.05) is 17.6 Å². The molecule has 0 aliphatic rings. The molecule has 106 valence electrons. The molecule has 0 fully saturated rings. The number of nitrogens with one attached hydrogen (secondary N) is 1. The molecule has 19 heavy (non-hydrogen) atoms. The van der Waals surface area contributed by atoms with Crippen LogP contribution in [0.5, 0.6) is 0 Å². The average Bonchev–Trinajstić information content (AvgIpc) is 2.37. The van der Waals surface area contributed by atoms with Crippen LogP contribution in [0, 0.1) is 18.8 Å². The zero-order valence-electron chi connectivity index (χ0n) is 12.0. The molecule has 0 heterocycles. The maximum Gasteiger partial charge on any atom is 0.310 e. The number of rotatable bonds is 6. The van der Waals surface area contributed by atoms with Gasteiger partial charge < -0.3 is 10.1 Å². The highest BCUT2D eigenvalue weighted by atomic mass is 79.9. The predicted octanol–water partition coefficient (Wildman–Crippen LogP) is 3.29. The largest absolute Gasteiger partial charge is 0.469 e. The SMILES string of the molecule is COC(=O)C(CNCc1cc(Br)ccc1C)C(C)C. The number of carbonyl (C=O) groups excluding carboxylic acids is 1. The molecule has 0 aliphatic carbocycles. The number of aryl methyl sites for hydroxylation is 1. The zero-order valence-corrected chi connectivity index (χ0v) is 13.6. The van der Waals surface area contributed by atoms with Crippen molar-refractivity contribution in [1.29, 1.82) is 0 Å². The summed E-state index contributed by atoms with van der Waals surface area (Å²) in [6.07, 6.45) is 0. The van der Waals surface area contributed by atoms with Crippen molar-refractivity contribution in [2.75, 3.05) is 13.7 Å². The summed E-state index contributed by atoms with van der Waals surface area (Å²) in [7, 11) is 1.44. The molecule has 1 aromatic rings. The summed E-state index contributed by atoms with van der Waals surface area (Å²) in [4.78, 5) is 11.6. The van der Waals surface area contributed by atoms with Crippen molar-refractivity contribution >= 4 is 21.9 Å². The number of carbonyl (C=O) groups is 1.